The molecule has 1 aromatic heterocycles. The fourth-order valence-corrected chi connectivity index (χ4v) is 3.63. The molecule has 0 spiro atoms. The number of nitrogens with zero attached hydrogens (tertiary/aromatic N) is 2. The Morgan fingerprint density at radius 3 is 2.55 bits per heavy atom. The minimum atomic E-state index is -0.0300. The van der Waals surface area contributed by atoms with Crippen LogP contribution in [0.1, 0.15) is 30.1 Å². The molecule has 1 aliphatic heterocycles. The third kappa shape index (κ3) is 4.59. The predicted octanol–water partition coefficient (Wildman–Crippen LogP) is 3.87. The minimum Gasteiger partial charge on any atom is -0.494 e. The summed E-state index contributed by atoms with van der Waals surface area (Å²) in [6.45, 7) is 4.30. The van der Waals surface area contributed by atoms with Crippen LogP contribution >= 0.6 is 0 Å². The van der Waals surface area contributed by atoms with Crippen LogP contribution < -0.4 is 15.0 Å². The van der Waals surface area contributed by atoms with Crippen LogP contribution in [0.25, 0.3) is 11.3 Å². The maximum atomic E-state index is 12.5. The number of anilines is 1. The second-order valence-electron chi connectivity index (χ2n) is 7.20. The number of nitrogens with one attached hydrogen (secondary N) is 2. The standard InChI is InChI=1S/C23H26N4O2/c1-2-29-20-10-8-18(9-11-20)23(28)24-19-12-14-27(15-13-19)22-16-21(25-26-22)17-6-4-3-5-7-17/h3-11,16,19H,2,12-15H2,1H3,(H,24,28)(H,25,26). The van der Waals surface area contributed by atoms with E-state index >= 15 is 0 Å². The van der Waals surface area contributed by atoms with Gasteiger partial charge in [-0.15, -0.1) is 0 Å². The molecule has 4 rings (SSSR count). The Hall–Kier alpha value is -3.28. The highest BCUT2D eigenvalue weighted by Crippen LogP contribution is 2.24. The van der Waals surface area contributed by atoms with Crippen LogP contribution in [-0.2, 0) is 0 Å². The summed E-state index contributed by atoms with van der Waals surface area (Å²) >= 11 is 0. The van der Waals surface area contributed by atoms with E-state index < -0.39 is 0 Å². The van der Waals surface area contributed by atoms with Crippen LogP contribution in [0.2, 0.25) is 0 Å². The third-order valence-corrected chi connectivity index (χ3v) is 5.23. The van der Waals surface area contributed by atoms with Crippen molar-refractivity contribution in [3.8, 4) is 17.0 Å². The summed E-state index contributed by atoms with van der Waals surface area (Å²) in [5.74, 6) is 1.71. The van der Waals surface area contributed by atoms with Gasteiger partial charge in [0.2, 0.25) is 0 Å². The molecule has 1 aliphatic rings. The highest BCUT2D eigenvalue weighted by Gasteiger charge is 2.23. The Labute approximate surface area is 170 Å². The topological polar surface area (TPSA) is 70.2 Å². The van der Waals surface area contributed by atoms with Gasteiger partial charge < -0.3 is 15.0 Å². The number of rotatable bonds is 6. The van der Waals surface area contributed by atoms with Crippen LogP contribution in [0, 0.1) is 0 Å². The van der Waals surface area contributed by atoms with Crippen molar-refractivity contribution in [3.63, 3.8) is 0 Å². The van der Waals surface area contributed by atoms with Gasteiger partial charge >= 0.3 is 0 Å². The molecule has 1 amide bonds. The molecular weight excluding hydrogens is 364 g/mol. The monoisotopic (exact) mass is 390 g/mol. The zero-order valence-corrected chi connectivity index (χ0v) is 16.6. The molecule has 3 aromatic rings. The number of carbonyl (C=O) groups excluding carboxylic acids is 1. The summed E-state index contributed by atoms with van der Waals surface area (Å²) in [5.41, 5.74) is 2.81. The summed E-state index contributed by atoms with van der Waals surface area (Å²) in [4.78, 5) is 14.8. The Balaban J connectivity index is 1.30. The minimum absolute atomic E-state index is 0.0300. The van der Waals surface area contributed by atoms with Crippen molar-refractivity contribution in [3.05, 3.63) is 66.2 Å². The molecule has 150 valence electrons. The fourth-order valence-electron chi connectivity index (χ4n) is 3.63. The van der Waals surface area contributed by atoms with Gasteiger partial charge in [0.1, 0.15) is 5.75 Å². The molecule has 0 unspecified atom stereocenters. The van der Waals surface area contributed by atoms with Gasteiger partial charge in [-0.2, -0.15) is 5.10 Å². The molecule has 0 atom stereocenters. The second-order valence-corrected chi connectivity index (χ2v) is 7.20. The van der Waals surface area contributed by atoms with E-state index in [1.807, 2.05) is 49.4 Å². The van der Waals surface area contributed by atoms with E-state index in [4.69, 9.17) is 4.74 Å². The van der Waals surface area contributed by atoms with E-state index in [2.05, 4.69) is 38.6 Å². The first-order chi connectivity index (χ1) is 14.2. The van der Waals surface area contributed by atoms with Crippen LogP contribution in [0.3, 0.4) is 0 Å². The second kappa shape index (κ2) is 8.82. The predicted molar refractivity (Wildman–Crippen MR) is 114 cm³/mol. The average molecular weight is 390 g/mol. The van der Waals surface area contributed by atoms with Crippen LogP contribution in [0.15, 0.2) is 60.7 Å². The number of carbonyl (C=O) groups is 1. The summed E-state index contributed by atoms with van der Waals surface area (Å²) < 4.78 is 5.43. The Kier molecular flexibility index (Phi) is 5.79. The Bertz CT molecular complexity index is 929. The molecule has 0 saturated carbocycles. The summed E-state index contributed by atoms with van der Waals surface area (Å²) in [5, 5.41) is 10.8. The maximum absolute atomic E-state index is 12.5. The van der Waals surface area contributed by atoms with E-state index in [-0.39, 0.29) is 11.9 Å². The number of aromatic nitrogens is 2. The third-order valence-electron chi connectivity index (χ3n) is 5.23. The molecule has 0 radical (unpaired) electrons. The van der Waals surface area contributed by atoms with Crippen molar-refractivity contribution in [1.29, 1.82) is 0 Å². The van der Waals surface area contributed by atoms with Gasteiger partial charge in [-0.1, -0.05) is 30.3 Å². The first kappa shape index (κ1) is 19.1. The van der Waals surface area contributed by atoms with E-state index in [0.29, 0.717) is 12.2 Å². The highest BCUT2D eigenvalue weighted by molar-refractivity contribution is 5.94. The van der Waals surface area contributed by atoms with E-state index in [9.17, 15) is 4.79 Å². The fraction of sp³-hybridized carbons (Fsp3) is 0.304. The number of hydrogen-bond acceptors (Lipinski definition) is 4. The molecule has 1 fully saturated rings. The molecule has 29 heavy (non-hydrogen) atoms. The van der Waals surface area contributed by atoms with Gasteiger partial charge in [0.25, 0.3) is 5.91 Å². The molecule has 6 heteroatoms. The average Bonchev–Trinajstić information content (AvgIpc) is 3.26. The molecule has 0 aliphatic carbocycles. The van der Waals surface area contributed by atoms with Gasteiger partial charge in [-0.3, -0.25) is 9.89 Å². The van der Waals surface area contributed by atoms with Gasteiger partial charge in [0.05, 0.1) is 12.3 Å². The first-order valence-electron chi connectivity index (χ1n) is 10.1. The molecule has 6 nitrogen and oxygen atoms in total. The molecule has 2 heterocycles. The molecule has 1 saturated heterocycles. The maximum Gasteiger partial charge on any atom is 0.251 e. The van der Waals surface area contributed by atoms with E-state index in [0.717, 1.165) is 48.8 Å². The van der Waals surface area contributed by atoms with Crippen molar-refractivity contribution >= 4 is 11.7 Å². The molecule has 2 N–H and O–H groups in total. The van der Waals surface area contributed by atoms with E-state index in [1.165, 1.54) is 0 Å². The van der Waals surface area contributed by atoms with Crippen molar-refractivity contribution in [2.75, 3.05) is 24.6 Å². The molecule has 0 bridgehead atoms. The summed E-state index contributed by atoms with van der Waals surface area (Å²) in [7, 11) is 0. The SMILES string of the molecule is CCOc1ccc(C(=O)NC2CCN(c3cc(-c4ccccc4)[nH]n3)CC2)cc1. The zero-order valence-electron chi connectivity index (χ0n) is 16.6. The highest BCUT2D eigenvalue weighted by atomic mass is 16.5. The van der Waals surface area contributed by atoms with Gasteiger partial charge in [-0.25, -0.2) is 0 Å². The lowest BCUT2D eigenvalue weighted by Gasteiger charge is -2.32. The largest absolute Gasteiger partial charge is 0.494 e. The van der Waals surface area contributed by atoms with Gasteiger partial charge in [-0.05, 0) is 49.6 Å². The number of ether oxygens (including phenoxy) is 1. The quantitative estimate of drug-likeness (QED) is 0.670. The smallest absolute Gasteiger partial charge is 0.251 e. The van der Waals surface area contributed by atoms with Crippen LogP contribution in [0.4, 0.5) is 5.82 Å². The Morgan fingerprint density at radius 2 is 1.86 bits per heavy atom. The number of amides is 1. The lowest BCUT2D eigenvalue weighted by molar-refractivity contribution is 0.0931. The van der Waals surface area contributed by atoms with Crippen molar-refractivity contribution in [2.45, 2.75) is 25.8 Å². The number of benzene rings is 2. The Morgan fingerprint density at radius 1 is 1.14 bits per heavy atom. The number of H-pyrrole nitrogens is 1. The lowest BCUT2D eigenvalue weighted by atomic mass is 10.0. The van der Waals surface area contributed by atoms with Crippen LogP contribution in [0.5, 0.6) is 5.75 Å². The number of piperidine rings is 1. The van der Waals surface area contributed by atoms with Crippen molar-refractivity contribution < 1.29 is 9.53 Å². The molecule has 2 aromatic carbocycles. The first-order valence-corrected chi connectivity index (χ1v) is 10.1. The lowest BCUT2D eigenvalue weighted by Crippen LogP contribution is -2.44. The van der Waals surface area contributed by atoms with Crippen molar-refractivity contribution in [1.82, 2.24) is 15.5 Å². The summed E-state index contributed by atoms with van der Waals surface area (Å²) in [6, 6.07) is 19.8. The molecular formula is C23H26N4O2. The normalized spacial score (nSPS) is 14.6. The van der Waals surface area contributed by atoms with Crippen molar-refractivity contribution in [2.24, 2.45) is 0 Å². The van der Waals surface area contributed by atoms with Gasteiger partial charge in [0.15, 0.2) is 5.82 Å². The number of aromatic amines is 1. The van der Waals surface area contributed by atoms with E-state index in [1.54, 1.807) is 0 Å². The number of hydrogen-bond donors (Lipinski definition) is 2. The van der Waals surface area contributed by atoms with Crippen LogP contribution in [-0.4, -0.2) is 41.8 Å². The summed E-state index contributed by atoms with van der Waals surface area (Å²) in [6.07, 6.45) is 1.80. The zero-order chi connectivity index (χ0) is 20.1. The van der Waals surface area contributed by atoms with Gasteiger partial charge in [0, 0.05) is 30.8 Å².